The van der Waals surface area contributed by atoms with Crippen LogP contribution in [-0.4, -0.2) is 59.5 Å². The molecule has 1 saturated heterocycles. The Morgan fingerprint density at radius 3 is 2.50 bits per heavy atom. The zero-order valence-electron chi connectivity index (χ0n) is 15.6. The van der Waals surface area contributed by atoms with E-state index in [0.29, 0.717) is 16.5 Å². The number of nitrogens with zero attached hydrogens (tertiary/aromatic N) is 3. The van der Waals surface area contributed by atoms with Crippen LogP contribution < -0.4 is 10.9 Å². The molecule has 1 atom stereocenters. The molecular weight excluding hydrogens is 332 g/mol. The van der Waals surface area contributed by atoms with Gasteiger partial charge >= 0.3 is 0 Å². The summed E-state index contributed by atoms with van der Waals surface area (Å²) in [6, 6.07) is 6.99. The highest BCUT2D eigenvalue weighted by Gasteiger charge is 2.20. The van der Waals surface area contributed by atoms with Gasteiger partial charge in [-0.1, -0.05) is 18.2 Å². The summed E-state index contributed by atoms with van der Waals surface area (Å²) in [5, 5.41) is 8.48. The molecule has 1 aliphatic heterocycles. The van der Waals surface area contributed by atoms with E-state index in [2.05, 4.69) is 15.3 Å². The van der Waals surface area contributed by atoms with Crippen molar-refractivity contribution in [2.24, 2.45) is 0 Å². The van der Waals surface area contributed by atoms with Crippen molar-refractivity contribution in [3.8, 4) is 0 Å². The van der Waals surface area contributed by atoms with Gasteiger partial charge in [0.15, 0.2) is 5.69 Å². The van der Waals surface area contributed by atoms with Crippen LogP contribution in [0.3, 0.4) is 0 Å². The maximum Gasteiger partial charge on any atom is 0.274 e. The second-order valence-corrected chi connectivity index (χ2v) is 7.03. The van der Waals surface area contributed by atoms with Crippen molar-refractivity contribution in [3.05, 3.63) is 40.3 Å². The summed E-state index contributed by atoms with van der Waals surface area (Å²) in [5.74, 6) is -0.253. The van der Waals surface area contributed by atoms with Crippen molar-refractivity contribution in [2.75, 3.05) is 32.8 Å². The third-order valence-electron chi connectivity index (χ3n) is 4.55. The predicted molar refractivity (Wildman–Crippen MR) is 101 cm³/mol. The van der Waals surface area contributed by atoms with Crippen LogP contribution in [-0.2, 0) is 4.74 Å². The summed E-state index contributed by atoms with van der Waals surface area (Å²) in [4.78, 5) is 27.7. The number of nitrogens with one attached hydrogen (secondary N) is 1. The SMILES string of the molecule is CC(CN1CCOCC1)NC(=O)c1nn(C(C)C)c(=O)c2ccccc12. The van der Waals surface area contributed by atoms with E-state index in [0.717, 1.165) is 32.8 Å². The summed E-state index contributed by atoms with van der Waals surface area (Å²) < 4.78 is 6.73. The molecule has 0 saturated carbocycles. The summed E-state index contributed by atoms with van der Waals surface area (Å²) in [6.07, 6.45) is 0. The number of benzene rings is 1. The van der Waals surface area contributed by atoms with Gasteiger partial charge in [0.25, 0.3) is 11.5 Å². The number of carbonyl (C=O) groups excluding carboxylic acids is 1. The minimum absolute atomic E-state index is 0.0272. The zero-order valence-corrected chi connectivity index (χ0v) is 15.6. The van der Waals surface area contributed by atoms with Crippen LogP contribution in [0.2, 0.25) is 0 Å². The molecular formula is C19H26N4O3. The molecule has 1 N–H and O–H groups in total. The number of aromatic nitrogens is 2. The van der Waals surface area contributed by atoms with Gasteiger partial charge in [-0.05, 0) is 26.8 Å². The van der Waals surface area contributed by atoms with Gasteiger partial charge in [-0.15, -0.1) is 0 Å². The monoisotopic (exact) mass is 358 g/mol. The smallest absolute Gasteiger partial charge is 0.274 e. The molecule has 2 heterocycles. The number of hydrogen-bond donors (Lipinski definition) is 1. The standard InChI is InChI=1S/C19H26N4O3/c1-13(2)23-19(25)16-7-5-4-6-15(16)17(21-23)18(24)20-14(3)12-22-8-10-26-11-9-22/h4-7,13-14H,8-12H2,1-3H3,(H,20,24). The lowest BCUT2D eigenvalue weighted by Crippen LogP contribution is -2.46. The number of fused-ring (bicyclic) bond motifs is 1. The van der Waals surface area contributed by atoms with E-state index in [1.165, 1.54) is 4.68 Å². The molecule has 0 aliphatic carbocycles. The Bertz CT molecular complexity index is 840. The van der Waals surface area contributed by atoms with E-state index in [1.54, 1.807) is 18.2 Å². The molecule has 0 bridgehead atoms. The molecule has 1 aliphatic rings. The highest BCUT2D eigenvalue weighted by molar-refractivity contribution is 6.04. The van der Waals surface area contributed by atoms with Gasteiger partial charge in [-0.2, -0.15) is 5.10 Å². The fraction of sp³-hybridized carbons (Fsp3) is 0.526. The Hall–Kier alpha value is -2.25. The van der Waals surface area contributed by atoms with Gasteiger partial charge in [0.1, 0.15) is 0 Å². The fourth-order valence-electron chi connectivity index (χ4n) is 3.23. The normalized spacial score (nSPS) is 16.8. The van der Waals surface area contributed by atoms with Crippen molar-refractivity contribution in [1.82, 2.24) is 20.0 Å². The van der Waals surface area contributed by atoms with Gasteiger partial charge in [-0.25, -0.2) is 4.68 Å². The molecule has 1 amide bonds. The second kappa shape index (κ2) is 7.97. The lowest BCUT2D eigenvalue weighted by Gasteiger charge is -2.29. The summed E-state index contributed by atoms with van der Waals surface area (Å²) in [5.41, 5.74) is 0.122. The second-order valence-electron chi connectivity index (χ2n) is 7.03. The third-order valence-corrected chi connectivity index (χ3v) is 4.55. The largest absolute Gasteiger partial charge is 0.379 e. The number of ether oxygens (including phenoxy) is 1. The van der Waals surface area contributed by atoms with Gasteiger partial charge in [0.2, 0.25) is 0 Å². The van der Waals surface area contributed by atoms with Gasteiger partial charge in [0.05, 0.1) is 24.6 Å². The molecule has 1 aromatic heterocycles. The Balaban J connectivity index is 1.85. The lowest BCUT2D eigenvalue weighted by atomic mass is 10.1. The van der Waals surface area contributed by atoms with Crippen LogP contribution >= 0.6 is 0 Å². The Labute approximate surface area is 152 Å². The number of rotatable bonds is 5. The van der Waals surface area contributed by atoms with Crippen molar-refractivity contribution >= 4 is 16.7 Å². The van der Waals surface area contributed by atoms with E-state index in [9.17, 15) is 9.59 Å². The van der Waals surface area contributed by atoms with Crippen LogP contribution in [0.1, 0.15) is 37.3 Å². The molecule has 3 rings (SSSR count). The first kappa shape index (κ1) is 18.5. The van der Waals surface area contributed by atoms with Gasteiger partial charge < -0.3 is 10.1 Å². The average Bonchev–Trinajstić information content (AvgIpc) is 2.62. The lowest BCUT2D eigenvalue weighted by molar-refractivity contribution is 0.0342. The van der Waals surface area contributed by atoms with Gasteiger partial charge in [-0.3, -0.25) is 14.5 Å². The summed E-state index contributed by atoms with van der Waals surface area (Å²) >= 11 is 0. The van der Waals surface area contributed by atoms with Gasteiger partial charge in [0, 0.05) is 31.1 Å². The van der Waals surface area contributed by atoms with Crippen LogP contribution in [0.25, 0.3) is 10.8 Å². The highest BCUT2D eigenvalue weighted by atomic mass is 16.5. The maximum absolute atomic E-state index is 12.9. The number of carbonyl (C=O) groups is 1. The van der Waals surface area contributed by atoms with Crippen LogP contribution in [0, 0.1) is 0 Å². The van der Waals surface area contributed by atoms with E-state index < -0.39 is 0 Å². The fourth-order valence-corrected chi connectivity index (χ4v) is 3.23. The van der Waals surface area contributed by atoms with Crippen LogP contribution in [0.4, 0.5) is 0 Å². The Kier molecular flexibility index (Phi) is 5.68. The molecule has 26 heavy (non-hydrogen) atoms. The molecule has 140 valence electrons. The maximum atomic E-state index is 12.9. The zero-order chi connectivity index (χ0) is 18.7. The quantitative estimate of drug-likeness (QED) is 0.875. The first-order chi connectivity index (χ1) is 12.5. The topological polar surface area (TPSA) is 76.5 Å². The van der Waals surface area contributed by atoms with E-state index in [-0.39, 0.29) is 23.6 Å². The molecule has 0 spiro atoms. The highest BCUT2D eigenvalue weighted by Crippen LogP contribution is 2.15. The van der Waals surface area contributed by atoms with Crippen molar-refractivity contribution in [2.45, 2.75) is 32.9 Å². The van der Waals surface area contributed by atoms with Crippen molar-refractivity contribution < 1.29 is 9.53 Å². The van der Waals surface area contributed by atoms with Crippen molar-refractivity contribution in [1.29, 1.82) is 0 Å². The van der Waals surface area contributed by atoms with E-state index in [4.69, 9.17) is 4.74 Å². The summed E-state index contributed by atoms with van der Waals surface area (Å²) in [6.45, 7) is 9.71. The molecule has 1 fully saturated rings. The molecule has 0 radical (unpaired) electrons. The minimum Gasteiger partial charge on any atom is -0.379 e. The average molecular weight is 358 g/mol. The van der Waals surface area contributed by atoms with E-state index >= 15 is 0 Å². The van der Waals surface area contributed by atoms with E-state index in [1.807, 2.05) is 26.8 Å². The van der Waals surface area contributed by atoms with Crippen LogP contribution in [0.5, 0.6) is 0 Å². The molecule has 2 aromatic rings. The number of hydrogen-bond acceptors (Lipinski definition) is 5. The molecule has 1 aromatic carbocycles. The molecule has 1 unspecified atom stereocenters. The Morgan fingerprint density at radius 1 is 1.19 bits per heavy atom. The van der Waals surface area contributed by atoms with Crippen LogP contribution in [0.15, 0.2) is 29.1 Å². The first-order valence-corrected chi connectivity index (χ1v) is 9.10. The number of morpholine rings is 1. The van der Waals surface area contributed by atoms with Crippen molar-refractivity contribution in [3.63, 3.8) is 0 Å². The third kappa shape index (κ3) is 3.94. The minimum atomic E-state index is -0.253. The summed E-state index contributed by atoms with van der Waals surface area (Å²) in [7, 11) is 0. The predicted octanol–water partition coefficient (Wildman–Crippen LogP) is 1.43. The molecule has 7 heteroatoms. The molecule has 7 nitrogen and oxygen atoms in total. The number of amides is 1. The Morgan fingerprint density at radius 2 is 1.85 bits per heavy atom. The first-order valence-electron chi connectivity index (χ1n) is 9.10.